The summed E-state index contributed by atoms with van der Waals surface area (Å²) in [6.07, 6.45) is 1.79. The minimum atomic E-state index is -3.61. The molecule has 7 heteroatoms. The van der Waals surface area contributed by atoms with Gasteiger partial charge in [0.15, 0.2) is 0 Å². The largest absolute Gasteiger partial charge is 0.398 e. The molecule has 1 aliphatic rings. The minimum absolute atomic E-state index is 0.0462. The molecule has 0 radical (unpaired) electrons. The van der Waals surface area contributed by atoms with Crippen molar-refractivity contribution in [1.82, 2.24) is 4.72 Å². The van der Waals surface area contributed by atoms with Crippen LogP contribution >= 0.6 is 11.6 Å². The van der Waals surface area contributed by atoms with Crippen molar-refractivity contribution in [3.63, 3.8) is 0 Å². The third-order valence-corrected chi connectivity index (χ3v) is 4.52. The van der Waals surface area contributed by atoms with Crippen LogP contribution in [-0.4, -0.2) is 27.7 Å². The zero-order valence-corrected chi connectivity index (χ0v) is 11.3. The predicted octanol–water partition coefficient (Wildman–Crippen LogP) is 1.38. The van der Waals surface area contributed by atoms with E-state index in [4.69, 9.17) is 22.1 Å². The van der Waals surface area contributed by atoms with Gasteiger partial charge in [0.1, 0.15) is 4.90 Å². The molecule has 1 aromatic rings. The van der Waals surface area contributed by atoms with Gasteiger partial charge in [-0.25, -0.2) is 13.1 Å². The Hall–Kier alpha value is -0.820. The SMILES string of the molecule is Nc1cc(Cl)ccc1S(=O)(=O)NCC1CCCO1. The number of sulfonamides is 1. The highest BCUT2D eigenvalue weighted by atomic mass is 35.5. The van der Waals surface area contributed by atoms with Crippen LogP contribution in [0.4, 0.5) is 5.69 Å². The number of hydrogen-bond acceptors (Lipinski definition) is 4. The zero-order chi connectivity index (χ0) is 13.2. The highest BCUT2D eigenvalue weighted by Crippen LogP contribution is 2.22. The summed E-state index contributed by atoms with van der Waals surface area (Å²) in [6.45, 7) is 0.958. The topological polar surface area (TPSA) is 81.4 Å². The minimum Gasteiger partial charge on any atom is -0.398 e. The van der Waals surface area contributed by atoms with Crippen molar-refractivity contribution < 1.29 is 13.2 Å². The van der Waals surface area contributed by atoms with Gasteiger partial charge in [-0.05, 0) is 31.0 Å². The van der Waals surface area contributed by atoms with E-state index in [1.165, 1.54) is 18.2 Å². The third-order valence-electron chi connectivity index (χ3n) is 2.79. The van der Waals surface area contributed by atoms with Crippen LogP contribution in [0.5, 0.6) is 0 Å². The number of nitrogens with one attached hydrogen (secondary N) is 1. The lowest BCUT2D eigenvalue weighted by Crippen LogP contribution is -2.32. The Kier molecular flexibility index (Phi) is 4.11. The summed E-state index contributed by atoms with van der Waals surface area (Å²) < 4.78 is 31.9. The Balaban J connectivity index is 2.09. The normalized spacial score (nSPS) is 20.2. The lowest BCUT2D eigenvalue weighted by molar-refractivity contribution is 0.114. The molecule has 100 valence electrons. The van der Waals surface area contributed by atoms with Gasteiger partial charge in [-0.1, -0.05) is 11.6 Å². The molecule has 1 fully saturated rings. The lowest BCUT2D eigenvalue weighted by Gasteiger charge is -2.12. The average Bonchev–Trinajstić information content (AvgIpc) is 2.78. The Morgan fingerprint density at radius 2 is 2.28 bits per heavy atom. The van der Waals surface area contributed by atoms with Crippen LogP contribution in [-0.2, 0) is 14.8 Å². The molecule has 0 bridgehead atoms. The van der Waals surface area contributed by atoms with Crippen LogP contribution < -0.4 is 10.5 Å². The standard InChI is InChI=1S/C11H15ClN2O3S/c12-8-3-4-11(10(13)6-8)18(15,16)14-7-9-2-1-5-17-9/h3-4,6,9,14H,1-2,5,7,13H2. The lowest BCUT2D eigenvalue weighted by atomic mass is 10.2. The van der Waals surface area contributed by atoms with Crippen LogP contribution in [0.1, 0.15) is 12.8 Å². The van der Waals surface area contributed by atoms with Crippen molar-refractivity contribution in [3.05, 3.63) is 23.2 Å². The van der Waals surface area contributed by atoms with E-state index in [1.54, 1.807) is 0 Å². The molecule has 0 spiro atoms. The quantitative estimate of drug-likeness (QED) is 0.821. The number of benzene rings is 1. The monoisotopic (exact) mass is 290 g/mol. The summed E-state index contributed by atoms with van der Waals surface area (Å²) in [5, 5.41) is 0.408. The summed E-state index contributed by atoms with van der Waals surface area (Å²) in [5.74, 6) is 0. The van der Waals surface area contributed by atoms with Gasteiger partial charge < -0.3 is 10.5 Å². The second-order valence-corrected chi connectivity index (χ2v) is 6.34. The Labute approximate surface area is 111 Å². The number of halogens is 1. The number of nitrogens with two attached hydrogens (primary N) is 1. The molecule has 0 aromatic heterocycles. The van der Waals surface area contributed by atoms with Crippen LogP contribution in [0.2, 0.25) is 5.02 Å². The van der Waals surface area contributed by atoms with Gasteiger partial charge in [0.2, 0.25) is 10.0 Å². The van der Waals surface area contributed by atoms with E-state index < -0.39 is 10.0 Å². The predicted molar refractivity (Wildman–Crippen MR) is 70.0 cm³/mol. The van der Waals surface area contributed by atoms with E-state index in [0.717, 1.165) is 12.8 Å². The highest BCUT2D eigenvalue weighted by Gasteiger charge is 2.21. The molecular formula is C11H15ClN2O3S. The first-order chi connectivity index (χ1) is 8.49. The van der Waals surface area contributed by atoms with Gasteiger partial charge in [-0.3, -0.25) is 0 Å². The molecule has 1 aromatic carbocycles. The fourth-order valence-corrected chi connectivity index (χ4v) is 3.21. The first-order valence-electron chi connectivity index (χ1n) is 5.65. The van der Waals surface area contributed by atoms with E-state index in [0.29, 0.717) is 11.6 Å². The second kappa shape index (κ2) is 5.44. The number of anilines is 1. The molecule has 2 rings (SSSR count). The number of ether oxygens (including phenoxy) is 1. The smallest absolute Gasteiger partial charge is 0.242 e. The number of rotatable bonds is 4. The van der Waals surface area contributed by atoms with Crippen LogP contribution in [0.3, 0.4) is 0 Å². The van der Waals surface area contributed by atoms with E-state index in [-0.39, 0.29) is 23.2 Å². The van der Waals surface area contributed by atoms with E-state index in [1.807, 2.05) is 0 Å². The van der Waals surface area contributed by atoms with Gasteiger partial charge in [0.25, 0.3) is 0 Å². The molecule has 0 saturated carbocycles. The molecule has 18 heavy (non-hydrogen) atoms. The van der Waals surface area contributed by atoms with Crippen molar-refractivity contribution in [2.45, 2.75) is 23.8 Å². The fourth-order valence-electron chi connectivity index (χ4n) is 1.85. The maximum absolute atomic E-state index is 12.0. The summed E-state index contributed by atoms with van der Waals surface area (Å²) in [7, 11) is -3.61. The van der Waals surface area contributed by atoms with Crippen molar-refractivity contribution in [2.75, 3.05) is 18.9 Å². The Morgan fingerprint density at radius 1 is 1.50 bits per heavy atom. The van der Waals surface area contributed by atoms with E-state index in [2.05, 4.69) is 4.72 Å². The van der Waals surface area contributed by atoms with E-state index in [9.17, 15) is 8.42 Å². The van der Waals surface area contributed by atoms with Crippen LogP contribution in [0, 0.1) is 0 Å². The maximum Gasteiger partial charge on any atom is 0.242 e. The maximum atomic E-state index is 12.0. The van der Waals surface area contributed by atoms with Crippen molar-refractivity contribution in [3.8, 4) is 0 Å². The van der Waals surface area contributed by atoms with Gasteiger partial charge in [-0.15, -0.1) is 0 Å². The molecule has 1 heterocycles. The fraction of sp³-hybridized carbons (Fsp3) is 0.455. The molecule has 0 amide bonds. The second-order valence-electron chi connectivity index (χ2n) is 4.17. The average molecular weight is 291 g/mol. The first-order valence-corrected chi connectivity index (χ1v) is 7.51. The molecule has 5 nitrogen and oxygen atoms in total. The van der Waals surface area contributed by atoms with Crippen LogP contribution in [0.25, 0.3) is 0 Å². The number of nitrogen functional groups attached to an aromatic ring is 1. The molecule has 1 atom stereocenters. The van der Waals surface area contributed by atoms with Crippen molar-refractivity contribution in [2.24, 2.45) is 0 Å². The first kappa shape index (κ1) is 13.6. The van der Waals surface area contributed by atoms with E-state index >= 15 is 0 Å². The van der Waals surface area contributed by atoms with Crippen molar-refractivity contribution in [1.29, 1.82) is 0 Å². The summed E-state index contributed by atoms with van der Waals surface area (Å²) in [4.78, 5) is 0.0462. The van der Waals surface area contributed by atoms with Gasteiger partial charge >= 0.3 is 0 Å². The summed E-state index contributed by atoms with van der Waals surface area (Å²) in [5.41, 5.74) is 5.80. The van der Waals surface area contributed by atoms with Gasteiger partial charge in [0.05, 0.1) is 11.8 Å². The molecule has 1 aliphatic heterocycles. The third kappa shape index (κ3) is 3.14. The molecule has 0 aliphatic carbocycles. The zero-order valence-electron chi connectivity index (χ0n) is 9.73. The molecule has 1 unspecified atom stereocenters. The van der Waals surface area contributed by atoms with Gasteiger partial charge in [-0.2, -0.15) is 0 Å². The molecular weight excluding hydrogens is 276 g/mol. The number of hydrogen-bond donors (Lipinski definition) is 2. The van der Waals surface area contributed by atoms with Gasteiger partial charge in [0, 0.05) is 18.2 Å². The van der Waals surface area contributed by atoms with Crippen LogP contribution in [0.15, 0.2) is 23.1 Å². The summed E-state index contributed by atoms with van der Waals surface area (Å²) >= 11 is 5.73. The Morgan fingerprint density at radius 3 is 2.89 bits per heavy atom. The highest BCUT2D eigenvalue weighted by molar-refractivity contribution is 7.89. The summed E-state index contributed by atoms with van der Waals surface area (Å²) in [6, 6.07) is 4.32. The molecule has 1 saturated heterocycles. The molecule has 3 N–H and O–H groups in total. The van der Waals surface area contributed by atoms with Crippen molar-refractivity contribution >= 4 is 27.3 Å². The Bertz CT molecular complexity index is 527.